The summed E-state index contributed by atoms with van der Waals surface area (Å²) in [5.41, 5.74) is 5.58. The van der Waals surface area contributed by atoms with E-state index in [-0.39, 0.29) is 12.4 Å². The van der Waals surface area contributed by atoms with Crippen LogP contribution in [0, 0.1) is 13.8 Å². The van der Waals surface area contributed by atoms with Crippen LogP contribution in [0.3, 0.4) is 0 Å². The second-order valence-corrected chi connectivity index (χ2v) is 7.56. The lowest BCUT2D eigenvalue weighted by Gasteiger charge is -2.27. The number of hydrogen-bond acceptors (Lipinski definition) is 7. The van der Waals surface area contributed by atoms with Crippen molar-refractivity contribution in [2.75, 3.05) is 41.8 Å². The molecule has 0 aliphatic carbocycles. The van der Waals surface area contributed by atoms with E-state index < -0.39 is 0 Å². The minimum absolute atomic E-state index is 0. The molecular weight excluding hydrogens is 412 g/mol. The molecule has 7 nitrogen and oxygen atoms in total. The minimum Gasteiger partial charge on any atom is -0.378 e. The molecule has 1 aromatic heterocycles. The lowest BCUT2D eigenvalue weighted by atomic mass is 10.1. The Kier molecular flexibility index (Phi) is 7.65. The van der Waals surface area contributed by atoms with Gasteiger partial charge in [0.05, 0.1) is 13.2 Å². The summed E-state index contributed by atoms with van der Waals surface area (Å²) in [4.78, 5) is 16.1. The highest BCUT2D eigenvalue weighted by molar-refractivity contribution is 5.85. The molecule has 4 rings (SSSR count). The van der Waals surface area contributed by atoms with Gasteiger partial charge in [0.1, 0.15) is 0 Å². The van der Waals surface area contributed by atoms with Crippen molar-refractivity contribution in [3.8, 4) is 0 Å². The van der Waals surface area contributed by atoms with Crippen LogP contribution in [-0.2, 0) is 11.2 Å². The largest absolute Gasteiger partial charge is 0.378 e. The molecule has 1 aliphatic rings. The molecule has 0 unspecified atom stereocenters. The number of ether oxygens (including phenoxy) is 1. The Morgan fingerprint density at radius 3 is 2.00 bits per heavy atom. The Bertz CT molecular complexity index is 985. The number of hydrogen-bond donors (Lipinski definition) is 2. The molecule has 0 atom stereocenters. The maximum atomic E-state index is 5.48. The van der Waals surface area contributed by atoms with Crippen molar-refractivity contribution < 1.29 is 4.74 Å². The summed E-state index contributed by atoms with van der Waals surface area (Å²) in [5.74, 6) is 1.68. The van der Waals surface area contributed by atoms with E-state index in [1.807, 2.05) is 12.1 Å². The molecule has 1 saturated heterocycles. The lowest BCUT2D eigenvalue weighted by Crippen LogP contribution is -2.37. The third-order valence-corrected chi connectivity index (χ3v) is 5.01. The van der Waals surface area contributed by atoms with Crippen molar-refractivity contribution in [2.24, 2.45) is 0 Å². The topological polar surface area (TPSA) is 75.2 Å². The highest BCUT2D eigenvalue weighted by Crippen LogP contribution is 2.22. The predicted molar refractivity (Wildman–Crippen MR) is 128 cm³/mol. The average molecular weight is 441 g/mol. The van der Waals surface area contributed by atoms with Crippen LogP contribution in [0.5, 0.6) is 0 Å². The average Bonchev–Trinajstić information content (AvgIpc) is 2.74. The van der Waals surface area contributed by atoms with E-state index in [4.69, 9.17) is 4.74 Å². The Morgan fingerprint density at radius 2 is 1.42 bits per heavy atom. The molecule has 0 spiro atoms. The SMILES string of the molecule is CCc1ccc(Nc2nc(Nc3cc(C)cc(C)c3)nc(N3CCOCC3)n2)cc1.Cl. The molecule has 1 fully saturated rings. The number of morpholine rings is 1. The summed E-state index contributed by atoms with van der Waals surface area (Å²) >= 11 is 0. The fraction of sp³-hybridized carbons (Fsp3) is 0.348. The third-order valence-electron chi connectivity index (χ3n) is 5.01. The number of nitrogens with zero attached hydrogens (tertiary/aromatic N) is 4. The zero-order chi connectivity index (χ0) is 20.9. The van der Waals surface area contributed by atoms with Crippen molar-refractivity contribution in [3.05, 3.63) is 59.2 Å². The van der Waals surface area contributed by atoms with Gasteiger partial charge in [-0.2, -0.15) is 15.0 Å². The fourth-order valence-corrected chi connectivity index (χ4v) is 3.51. The van der Waals surface area contributed by atoms with Gasteiger partial charge in [-0.05, 0) is 61.2 Å². The van der Waals surface area contributed by atoms with Gasteiger partial charge in [-0.15, -0.1) is 12.4 Å². The molecule has 2 heterocycles. The molecule has 2 N–H and O–H groups in total. The highest BCUT2D eigenvalue weighted by Gasteiger charge is 2.17. The molecule has 0 bridgehead atoms. The van der Waals surface area contributed by atoms with E-state index in [1.165, 1.54) is 16.7 Å². The van der Waals surface area contributed by atoms with Crippen molar-refractivity contribution in [2.45, 2.75) is 27.2 Å². The van der Waals surface area contributed by atoms with Crippen LogP contribution in [0.1, 0.15) is 23.6 Å². The van der Waals surface area contributed by atoms with E-state index >= 15 is 0 Å². The number of benzene rings is 2. The summed E-state index contributed by atoms with van der Waals surface area (Å²) in [5, 5.41) is 6.67. The Hall–Kier alpha value is -2.90. The van der Waals surface area contributed by atoms with Gasteiger partial charge in [-0.3, -0.25) is 0 Å². The van der Waals surface area contributed by atoms with Gasteiger partial charge in [-0.25, -0.2) is 0 Å². The quantitative estimate of drug-likeness (QED) is 0.570. The van der Waals surface area contributed by atoms with Crippen LogP contribution in [0.4, 0.5) is 29.2 Å². The molecule has 2 aromatic carbocycles. The molecule has 8 heteroatoms. The van der Waals surface area contributed by atoms with Crippen molar-refractivity contribution in [1.29, 1.82) is 0 Å². The normalized spacial score (nSPS) is 13.5. The van der Waals surface area contributed by atoms with Gasteiger partial charge in [0.25, 0.3) is 0 Å². The Morgan fingerprint density at radius 1 is 0.839 bits per heavy atom. The minimum atomic E-state index is 0. The van der Waals surface area contributed by atoms with Crippen molar-refractivity contribution in [1.82, 2.24) is 15.0 Å². The van der Waals surface area contributed by atoms with Crippen molar-refractivity contribution in [3.63, 3.8) is 0 Å². The zero-order valence-corrected chi connectivity index (χ0v) is 19.0. The van der Waals surface area contributed by atoms with Crippen LogP contribution in [0.25, 0.3) is 0 Å². The maximum Gasteiger partial charge on any atom is 0.233 e. The van der Waals surface area contributed by atoms with Gasteiger partial charge >= 0.3 is 0 Å². The fourth-order valence-electron chi connectivity index (χ4n) is 3.51. The van der Waals surface area contributed by atoms with Gasteiger partial charge in [-0.1, -0.05) is 25.1 Å². The molecule has 0 radical (unpaired) electrons. The predicted octanol–water partition coefficient (Wildman–Crippen LogP) is 4.80. The van der Waals surface area contributed by atoms with Crippen LogP contribution >= 0.6 is 12.4 Å². The number of rotatable bonds is 6. The van der Waals surface area contributed by atoms with E-state index in [2.05, 4.69) is 81.6 Å². The number of nitrogens with one attached hydrogen (secondary N) is 2. The first-order valence-corrected chi connectivity index (χ1v) is 10.4. The van der Waals surface area contributed by atoms with Crippen LogP contribution in [-0.4, -0.2) is 41.3 Å². The summed E-state index contributed by atoms with van der Waals surface area (Å²) < 4.78 is 5.48. The van der Waals surface area contributed by atoms with Crippen LogP contribution in [0.2, 0.25) is 0 Å². The molecule has 0 saturated carbocycles. The van der Waals surface area contributed by atoms with Crippen molar-refractivity contribution >= 4 is 41.6 Å². The van der Waals surface area contributed by atoms with E-state index in [0.29, 0.717) is 31.1 Å². The first-order chi connectivity index (χ1) is 14.6. The van der Waals surface area contributed by atoms with Gasteiger partial charge in [0, 0.05) is 24.5 Å². The summed E-state index contributed by atoms with van der Waals surface area (Å²) in [7, 11) is 0. The van der Waals surface area contributed by atoms with Gasteiger partial charge < -0.3 is 20.3 Å². The highest BCUT2D eigenvalue weighted by atomic mass is 35.5. The summed E-state index contributed by atoms with van der Waals surface area (Å²) in [6.45, 7) is 9.18. The molecule has 3 aromatic rings. The molecule has 0 amide bonds. The number of aryl methyl sites for hydroxylation is 3. The van der Waals surface area contributed by atoms with E-state index in [1.54, 1.807) is 0 Å². The van der Waals surface area contributed by atoms with E-state index in [9.17, 15) is 0 Å². The maximum absolute atomic E-state index is 5.48. The van der Waals surface area contributed by atoms with E-state index in [0.717, 1.165) is 30.9 Å². The molecule has 1 aliphatic heterocycles. The standard InChI is InChI=1S/C23H28N6O.ClH/c1-4-18-5-7-19(8-6-18)24-21-26-22(25-20-14-16(2)13-17(3)15-20)28-23(27-21)29-9-11-30-12-10-29;/h5-8,13-15H,4,9-12H2,1-3H3,(H2,24,25,26,27,28);1H. The van der Waals surface area contributed by atoms with Crippen LogP contribution < -0.4 is 15.5 Å². The van der Waals surface area contributed by atoms with Gasteiger partial charge in [0.2, 0.25) is 17.8 Å². The molecule has 31 heavy (non-hydrogen) atoms. The molecule has 164 valence electrons. The molecular formula is C23H29ClN6O. The summed E-state index contributed by atoms with van der Waals surface area (Å²) in [6, 6.07) is 14.6. The van der Waals surface area contributed by atoms with Gasteiger partial charge in [0.15, 0.2) is 0 Å². The summed E-state index contributed by atoms with van der Waals surface area (Å²) in [6.07, 6.45) is 1.01. The second-order valence-electron chi connectivity index (χ2n) is 7.56. The lowest BCUT2D eigenvalue weighted by molar-refractivity contribution is 0.122. The first kappa shape index (κ1) is 22.8. The Labute approximate surface area is 189 Å². The second kappa shape index (κ2) is 10.4. The number of aromatic nitrogens is 3. The number of halogens is 1. The Balaban J connectivity index is 0.00000272. The third kappa shape index (κ3) is 6.06. The zero-order valence-electron chi connectivity index (χ0n) is 18.2. The smallest absolute Gasteiger partial charge is 0.233 e. The number of anilines is 5. The monoisotopic (exact) mass is 440 g/mol. The van der Waals surface area contributed by atoms with Crippen LogP contribution in [0.15, 0.2) is 42.5 Å². The first-order valence-electron chi connectivity index (χ1n) is 10.4.